The number of carbonyl (C=O) groups excluding carboxylic acids is 3. The lowest BCUT2D eigenvalue weighted by Gasteiger charge is -2.45. The number of carbonyl (C=O) groups is 3. The molecule has 3 N–H and O–H groups in total. The second-order valence-electron chi connectivity index (χ2n) is 11.0. The Kier molecular flexibility index (Phi) is 8.79. The van der Waals surface area contributed by atoms with Crippen LogP contribution in [0.1, 0.15) is 69.9 Å². The van der Waals surface area contributed by atoms with Crippen LogP contribution in [0.15, 0.2) is 48.0 Å². The van der Waals surface area contributed by atoms with Crippen molar-refractivity contribution in [2.75, 3.05) is 20.3 Å². The van der Waals surface area contributed by atoms with Crippen molar-refractivity contribution in [1.82, 2.24) is 10.2 Å². The zero-order valence-corrected chi connectivity index (χ0v) is 23.5. The Hall–Kier alpha value is -3.90. The normalized spacial score (nSPS) is 23.3. The van der Waals surface area contributed by atoms with E-state index in [1.807, 2.05) is 0 Å². The van der Waals surface area contributed by atoms with E-state index in [-0.39, 0.29) is 47.4 Å². The van der Waals surface area contributed by atoms with Crippen molar-refractivity contribution in [3.63, 3.8) is 0 Å². The van der Waals surface area contributed by atoms with Crippen LogP contribution in [0, 0.1) is 0 Å². The van der Waals surface area contributed by atoms with Crippen LogP contribution < -0.4 is 14.8 Å². The molecule has 0 spiro atoms. The van der Waals surface area contributed by atoms with E-state index >= 15 is 0 Å². The van der Waals surface area contributed by atoms with E-state index in [9.17, 15) is 37.8 Å². The minimum Gasteiger partial charge on any atom is -0.493 e. The molecule has 2 aromatic carbocycles. The molecule has 2 aromatic rings. The van der Waals surface area contributed by atoms with E-state index < -0.39 is 47.7 Å². The molecule has 0 aromatic heterocycles. The molecule has 5 rings (SSSR count). The molecule has 2 amide bonds. The number of aldehydes is 1. The number of aliphatic hydroxyl groups is 2. The third kappa shape index (κ3) is 5.85. The summed E-state index contributed by atoms with van der Waals surface area (Å²) in [5.41, 5.74) is 0.0111. The number of alkyl halides is 3. The van der Waals surface area contributed by atoms with Crippen molar-refractivity contribution in [3.05, 3.63) is 70.3 Å². The van der Waals surface area contributed by atoms with Crippen molar-refractivity contribution in [1.29, 1.82) is 0 Å². The van der Waals surface area contributed by atoms with E-state index in [0.29, 0.717) is 24.7 Å². The van der Waals surface area contributed by atoms with Gasteiger partial charge in [-0.2, -0.15) is 13.2 Å². The Balaban J connectivity index is 1.61. The van der Waals surface area contributed by atoms with Gasteiger partial charge >= 0.3 is 6.18 Å². The number of nitrogens with one attached hydrogen (secondary N) is 1. The fourth-order valence-corrected chi connectivity index (χ4v) is 6.38. The number of halogens is 3. The summed E-state index contributed by atoms with van der Waals surface area (Å²) in [6.45, 7) is -0.376. The number of aliphatic hydroxyl groups excluding tert-OH is 2. The Morgan fingerprint density at radius 2 is 1.84 bits per heavy atom. The Labute approximate surface area is 246 Å². The van der Waals surface area contributed by atoms with Crippen LogP contribution in [0.3, 0.4) is 0 Å². The minimum absolute atomic E-state index is 0.0144. The van der Waals surface area contributed by atoms with Crippen molar-refractivity contribution in [2.24, 2.45) is 0 Å². The van der Waals surface area contributed by atoms with Crippen molar-refractivity contribution < 1.29 is 47.2 Å². The molecule has 2 aliphatic carbocycles. The predicted molar refractivity (Wildman–Crippen MR) is 148 cm³/mol. The average molecular weight is 603 g/mol. The van der Waals surface area contributed by atoms with Crippen LogP contribution >= 0.6 is 0 Å². The number of fused-ring (bicyclic) bond motifs is 3. The number of benzene rings is 2. The first-order valence-electron chi connectivity index (χ1n) is 14.2. The summed E-state index contributed by atoms with van der Waals surface area (Å²) >= 11 is 0. The maximum absolute atomic E-state index is 14.1. The van der Waals surface area contributed by atoms with E-state index in [1.165, 1.54) is 24.2 Å². The third-order valence-electron chi connectivity index (χ3n) is 8.39. The molecule has 12 heteroatoms. The molecular formula is C31H33F3N2O7. The summed E-state index contributed by atoms with van der Waals surface area (Å²) in [6.07, 6.45) is -1.03. The maximum Gasteiger partial charge on any atom is 0.416 e. The Morgan fingerprint density at radius 1 is 1.14 bits per heavy atom. The molecule has 3 aliphatic rings. The average Bonchev–Trinajstić information content (AvgIpc) is 3.40. The molecule has 0 radical (unpaired) electrons. The summed E-state index contributed by atoms with van der Waals surface area (Å²) in [5.74, 6) is -1.48. The number of amides is 2. The molecule has 0 saturated heterocycles. The molecule has 1 saturated carbocycles. The van der Waals surface area contributed by atoms with Crippen LogP contribution in [0.5, 0.6) is 11.5 Å². The third-order valence-corrected chi connectivity index (χ3v) is 8.39. The van der Waals surface area contributed by atoms with E-state index in [2.05, 4.69) is 5.32 Å². The summed E-state index contributed by atoms with van der Waals surface area (Å²) in [6, 6.07) is 5.54. The van der Waals surface area contributed by atoms with Crippen LogP contribution in [0.2, 0.25) is 0 Å². The lowest BCUT2D eigenvalue weighted by molar-refractivity contribution is -0.137. The highest BCUT2D eigenvalue weighted by atomic mass is 19.4. The highest BCUT2D eigenvalue weighted by Crippen LogP contribution is 2.51. The van der Waals surface area contributed by atoms with Gasteiger partial charge in [-0.1, -0.05) is 19.3 Å². The standard InChI is InChI=1S/C31H33F3N2O7/c1-42-24-14-17(16-38)13-21-25-22(29(40)35-11-12-37)15-23(26(39)28(25)43-27(21)24)36(20-5-3-2-4-6-20)30(41)18-7-9-19(10-8-18)31(32,33)34/h7-10,13-16,20,23,25-26,28,37,39H,2-6,11-12H2,1H3,(H,35,40). The first-order valence-corrected chi connectivity index (χ1v) is 14.2. The molecule has 9 nitrogen and oxygen atoms in total. The quantitative estimate of drug-likeness (QED) is 0.394. The second-order valence-corrected chi connectivity index (χ2v) is 11.0. The smallest absolute Gasteiger partial charge is 0.416 e. The van der Waals surface area contributed by atoms with Gasteiger partial charge in [-0.05, 0) is 55.3 Å². The molecule has 4 atom stereocenters. The summed E-state index contributed by atoms with van der Waals surface area (Å²) < 4.78 is 51.3. The lowest BCUT2D eigenvalue weighted by atomic mass is 9.76. The topological polar surface area (TPSA) is 125 Å². The Morgan fingerprint density at radius 3 is 2.44 bits per heavy atom. The molecule has 0 bridgehead atoms. The van der Waals surface area contributed by atoms with Crippen LogP contribution in [-0.2, 0) is 11.0 Å². The van der Waals surface area contributed by atoms with Crippen LogP contribution in [0.25, 0.3) is 0 Å². The van der Waals surface area contributed by atoms with Gasteiger partial charge < -0.3 is 29.9 Å². The molecule has 230 valence electrons. The zero-order chi connectivity index (χ0) is 30.9. The second kappa shape index (κ2) is 12.4. The van der Waals surface area contributed by atoms with Crippen molar-refractivity contribution >= 4 is 18.1 Å². The first kappa shape index (κ1) is 30.6. The number of hydrogen-bond acceptors (Lipinski definition) is 7. The number of methoxy groups -OCH3 is 1. The number of ether oxygens (including phenoxy) is 2. The van der Waals surface area contributed by atoms with E-state index in [1.54, 1.807) is 6.07 Å². The van der Waals surface area contributed by atoms with E-state index in [0.717, 1.165) is 43.5 Å². The predicted octanol–water partition coefficient (Wildman–Crippen LogP) is 3.62. The first-order chi connectivity index (χ1) is 20.6. The van der Waals surface area contributed by atoms with Gasteiger partial charge in [0.05, 0.1) is 31.2 Å². The Bertz CT molecular complexity index is 1400. The van der Waals surface area contributed by atoms with Crippen molar-refractivity contribution in [3.8, 4) is 11.5 Å². The van der Waals surface area contributed by atoms with Gasteiger partial charge in [-0.15, -0.1) is 0 Å². The monoisotopic (exact) mass is 602 g/mol. The van der Waals surface area contributed by atoms with Gasteiger partial charge in [-0.3, -0.25) is 14.4 Å². The number of nitrogens with zero attached hydrogens (tertiary/aromatic N) is 1. The largest absolute Gasteiger partial charge is 0.493 e. The van der Waals surface area contributed by atoms with Gasteiger partial charge in [-0.25, -0.2) is 0 Å². The number of rotatable bonds is 8. The number of hydrogen-bond donors (Lipinski definition) is 3. The van der Waals surface area contributed by atoms with Gasteiger partial charge in [0.1, 0.15) is 18.5 Å². The molecule has 4 unspecified atom stereocenters. The van der Waals surface area contributed by atoms with Crippen LogP contribution in [-0.4, -0.2) is 77.8 Å². The molecule has 43 heavy (non-hydrogen) atoms. The molecular weight excluding hydrogens is 569 g/mol. The summed E-state index contributed by atoms with van der Waals surface area (Å²) in [4.78, 5) is 40.7. The van der Waals surface area contributed by atoms with Crippen LogP contribution in [0.4, 0.5) is 13.2 Å². The fraction of sp³-hybridized carbons (Fsp3) is 0.452. The lowest BCUT2D eigenvalue weighted by Crippen LogP contribution is -2.58. The maximum atomic E-state index is 14.1. The summed E-state index contributed by atoms with van der Waals surface area (Å²) in [5, 5.41) is 23.8. The van der Waals surface area contributed by atoms with E-state index in [4.69, 9.17) is 9.47 Å². The zero-order valence-electron chi connectivity index (χ0n) is 23.5. The molecule has 1 heterocycles. The van der Waals surface area contributed by atoms with Crippen molar-refractivity contribution in [2.45, 2.75) is 68.5 Å². The van der Waals surface area contributed by atoms with Gasteiger partial charge in [0.25, 0.3) is 5.91 Å². The van der Waals surface area contributed by atoms with Gasteiger partial charge in [0.15, 0.2) is 11.5 Å². The van der Waals surface area contributed by atoms with Gasteiger partial charge in [0.2, 0.25) is 5.91 Å². The SMILES string of the molecule is COc1cc(C=O)cc2c1OC1C2C(C(=O)NCCO)=CC(N(C(=O)c2ccc(C(F)(F)F)cc2)C2CCCCC2)C1O. The molecule has 1 aliphatic heterocycles. The summed E-state index contributed by atoms with van der Waals surface area (Å²) in [7, 11) is 1.40. The minimum atomic E-state index is -4.57. The molecule has 1 fully saturated rings. The fourth-order valence-electron chi connectivity index (χ4n) is 6.38. The highest BCUT2D eigenvalue weighted by molar-refractivity contribution is 5.98. The highest BCUT2D eigenvalue weighted by Gasteiger charge is 2.52. The van der Waals surface area contributed by atoms with Gasteiger partial charge in [0, 0.05) is 34.9 Å².